The number of halogens is 1. The first-order chi connectivity index (χ1) is 11.5. The van der Waals surface area contributed by atoms with Gasteiger partial charge in [0, 0.05) is 39.2 Å². The van der Waals surface area contributed by atoms with E-state index in [9.17, 15) is 14.0 Å². The number of carbonyl (C=O) groups excluding carboxylic acids is 2. The van der Waals surface area contributed by atoms with E-state index in [2.05, 4.69) is 0 Å². The summed E-state index contributed by atoms with van der Waals surface area (Å²) in [5.74, 6) is -0.956. The molecule has 1 aromatic carbocycles. The first kappa shape index (κ1) is 18.4. The van der Waals surface area contributed by atoms with Gasteiger partial charge < -0.3 is 14.5 Å². The molecule has 6 heteroatoms. The molecule has 1 fully saturated rings. The third-order valence-corrected chi connectivity index (χ3v) is 4.63. The summed E-state index contributed by atoms with van der Waals surface area (Å²) in [7, 11) is 3.29. The molecule has 0 aliphatic carbocycles. The van der Waals surface area contributed by atoms with Crippen molar-refractivity contribution in [2.24, 2.45) is 5.92 Å². The summed E-state index contributed by atoms with van der Waals surface area (Å²) >= 11 is 0. The number of likely N-dealkylation sites (tertiary alicyclic amines) is 1. The second kappa shape index (κ2) is 8.24. The largest absolute Gasteiger partial charge is 0.383 e. The number of benzene rings is 1. The minimum absolute atomic E-state index is 0.0549. The molecule has 1 heterocycles. The monoisotopic (exact) mass is 336 g/mol. The Morgan fingerprint density at radius 1 is 1.42 bits per heavy atom. The van der Waals surface area contributed by atoms with Gasteiger partial charge in [-0.3, -0.25) is 9.59 Å². The van der Waals surface area contributed by atoms with Crippen molar-refractivity contribution in [3.05, 3.63) is 35.6 Å². The lowest BCUT2D eigenvalue weighted by Gasteiger charge is -2.41. The Kier molecular flexibility index (Phi) is 6.31. The van der Waals surface area contributed by atoms with E-state index in [4.69, 9.17) is 4.74 Å². The van der Waals surface area contributed by atoms with E-state index in [1.165, 1.54) is 6.07 Å². The zero-order valence-electron chi connectivity index (χ0n) is 14.5. The van der Waals surface area contributed by atoms with Crippen LogP contribution in [0, 0.1) is 11.7 Å². The second-order valence-electron chi connectivity index (χ2n) is 6.04. The quantitative estimate of drug-likeness (QED) is 0.800. The summed E-state index contributed by atoms with van der Waals surface area (Å²) in [4.78, 5) is 28.4. The van der Waals surface area contributed by atoms with E-state index in [1.54, 1.807) is 42.2 Å². The predicted molar refractivity (Wildman–Crippen MR) is 88.8 cm³/mol. The Bertz CT molecular complexity index is 593. The zero-order valence-corrected chi connectivity index (χ0v) is 14.5. The van der Waals surface area contributed by atoms with Crippen LogP contribution in [0.2, 0.25) is 0 Å². The van der Waals surface area contributed by atoms with Gasteiger partial charge in [-0.25, -0.2) is 4.39 Å². The minimum Gasteiger partial charge on any atom is -0.383 e. The highest BCUT2D eigenvalue weighted by Gasteiger charge is 2.42. The highest BCUT2D eigenvalue weighted by molar-refractivity contribution is 5.85. The van der Waals surface area contributed by atoms with Crippen molar-refractivity contribution in [1.82, 2.24) is 9.80 Å². The third-order valence-electron chi connectivity index (χ3n) is 4.63. The molecule has 1 aromatic rings. The van der Waals surface area contributed by atoms with Crippen molar-refractivity contribution < 1.29 is 18.7 Å². The van der Waals surface area contributed by atoms with Crippen LogP contribution in [0.15, 0.2) is 24.3 Å². The first-order valence-electron chi connectivity index (χ1n) is 8.29. The maximum Gasteiger partial charge on any atom is 0.227 e. The number of carbonyl (C=O) groups is 2. The van der Waals surface area contributed by atoms with Crippen molar-refractivity contribution in [3.63, 3.8) is 0 Å². The zero-order chi connectivity index (χ0) is 17.7. The number of hydrogen-bond donors (Lipinski definition) is 0. The van der Waals surface area contributed by atoms with Gasteiger partial charge >= 0.3 is 0 Å². The topological polar surface area (TPSA) is 49.9 Å². The van der Waals surface area contributed by atoms with Gasteiger partial charge in [0.05, 0.1) is 18.6 Å². The Morgan fingerprint density at radius 3 is 2.75 bits per heavy atom. The molecule has 0 bridgehead atoms. The van der Waals surface area contributed by atoms with Gasteiger partial charge in [-0.2, -0.15) is 0 Å². The standard InChI is InChI=1S/C18H25FN2O3/c1-4-20(2)18(23)14-9-10-16(22)21(11-12-24-3)17(14)13-7-5-6-8-15(13)19/h5-8,14,17H,4,9-12H2,1-3H3/t14-,17+/m1/s1. The smallest absolute Gasteiger partial charge is 0.227 e. The van der Waals surface area contributed by atoms with Crippen molar-refractivity contribution >= 4 is 11.8 Å². The van der Waals surface area contributed by atoms with Crippen LogP contribution in [0.4, 0.5) is 4.39 Å². The fourth-order valence-electron chi connectivity index (χ4n) is 3.20. The summed E-state index contributed by atoms with van der Waals surface area (Å²) in [6.45, 7) is 3.16. The van der Waals surface area contributed by atoms with Gasteiger partial charge in [0.1, 0.15) is 5.82 Å². The average molecular weight is 336 g/mol. The molecule has 24 heavy (non-hydrogen) atoms. The molecule has 132 valence electrons. The number of methoxy groups -OCH3 is 1. The van der Waals surface area contributed by atoms with Crippen LogP contribution in [0.3, 0.4) is 0 Å². The van der Waals surface area contributed by atoms with Crippen molar-refractivity contribution in [1.29, 1.82) is 0 Å². The average Bonchev–Trinajstić information content (AvgIpc) is 2.59. The fourth-order valence-corrected chi connectivity index (χ4v) is 3.20. The minimum atomic E-state index is -0.593. The molecule has 1 saturated heterocycles. The predicted octanol–water partition coefficient (Wildman–Crippen LogP) is 2.23. The van der Waals surface area contributed by atoms with Crippen molar-refractivity contribution in [2.45, 2.75) is 25.8 Å². The molecule has 0 N–H and O–H groups in total. The van der Waals surface area contributed by atoms with Gasteiger partial charge in [-0.05, 0) is 19.4 Å². The fraction of sp³-hybridized carbons (Fsp3) is 0.556. The number of rotatable bonds is 6. The SMILES string of the molecule is CCN(C)C(=O)[C@@H]1CCC(=O)N(CCOC)[C@H]1c1ccccc1F. The third kappa shape index (κ3) is 3.75. The summed E-state index contributed by atoms with van der Waals surface area (Å²) in [5.41, 5.74) is 0.393. The summed E-state index contributed by atoms with van der Waals surface area (Å²) < 4.78 is 19.5. The number of amides is 2. The van der Waals surface area contributed by atoms with Gasteiger partial charge in [-0.1, -0.05) is 18.2 Å². The molecule has 5 nitrogen and oxygen atoms in total. The van der Waals surface area contributed by atoms with Crippen LogP contribution < -0.4 is 0 Å². The molecule has 0 unspecified atom stereocenters. The van der Waals surface area contributed by atoms with E-state index < -0.39 is 17.8 Å². The van der Waals surface area contributed by atoms with Crippen LogP contribution in [0.1, 0.15) is 31.4 Å². The number of hydrogen-bond acceptors (Lipinski definition) is 3. The summed E-state index contributed by atoms with van der Waals surface area (Å²) in [5, 5.41) is 0. The molecule has 2 atom stereocenters. The lowest BCUT2D eigenvalue weighted by atomic mass is 9.83. The summed E-state index contributed by atoms with van der Waals surface area (Å²) in [6.07, 6.45) is 0.729. The Hall–Kier alpha value is -1.95. The second-order valence-corrected chi connectivity index (χ2v) is 6.04. The molecule has 2 rings (SSSR count). The number of nitrogens with zero attached hydrogens (tertiary/aromatic N) is 2. The van der Waals surface area contributed by atoms with E-state index in [0.29, 0.717) is 38.1 Å². The van der Waals surface area contributed by atoms with Crippen LogP contribution in [0.25, 0.3) is 0 Å². The van der Waals surface area contributed by atoms with E-state index in [1.807, 2.05) is 6.92 Å². The van der Waals surface area contributed by atoms with Gasteiger partial charge in [0.25, 0.3) is 0 Å². The Labute approximate surface area is 142 Å². The molecule has 0 spiro atoms. The first-order valence-corrected chi connectivity index (χ1v) is 8.29. The molecule has 1 aliphatic rings. The van der Waals surface area contributed by atoms with Crippen LogP contribution in [-0.4, -0.2) is 55.5 Å². The van der Waals surface area contributed by atoms with Crippen molar-refractivity contribution in [2.75, 3.05) is 33.9 Å². The number of ether oxygens (including phenoxy) is 1. The van der Waals surface area contributed by atoms with Crippen LogP contribution in [-0.2, 0) is 14.3 Å². The molecule has 0 aromatic heterocycles. The number of piperidine rings is 1. The Morgan fingerprint density at radius 2 is 2.12 bits per heavy atom. The molecule has 0 saturated carbocycles. The highest BCUT2D eigenvalue weighted by Crippen LogP contribution is 2.38. The maximum atomic E-state index is 14.4. The van der Waals surface area contributed by atoms with E-state index in [0.717, 1.165) is 0 Å². The molecular formula is C18H25FN2O3. The van der Waals surface area contributed by atoms with Gasteiger partial charge in [0.15, 0.2) is 0 Å². The van der Waals surface area contributed by atoms with Crippen LogP contribution >= 0.6 is 0 Å². The normalized spacial score (nSPS) is 21.0. The van der Waals surface area contributed by atoms with Crippen molar-refractivity contribution in [3.8, 4) is 0 Å². The van der Waals surface area contributed by atoms with Gasteiger partial charge in [0.2, 0.25) is 11.8 Å². The maximum absolute atomic E-state index is 14.4. The lowest BCUT2D eigenvalue weighted by Crippen LogP contribution is -2.49. The highest BCUT2D eigenvalue weighted by atomic mass is 19.1. The van der Waals surface area contributed by atoms with E-state index in [-0.39, 0.29) is 11.8 Å². The summed E-state index contributed by atoms with van der Waals surface area (Å²) in [6, 6.07) is 5.78. The molecular weight excluding hydrogens is 311 g/mol. The molecule has 1 aliphatic heterocycles. The van der Waals surface area contributed by atoms with E-state index >= 15 is 0 Å². The molecule has 0 radical (unpaired) electrons. The van der Waals surface area contributed by atoms with Crippen LogP contribution in [0.5, 0.6) is 0 Å². The van der Waals surface area contributed by atoms with Gasteiger partial charge in [-0.15, -0.1) is 0 Å². The lowest BCUT2D eigenvalue weighted by molar-refractivity contribution is -0.148. The Balaban J connectivity index is 2.43. The molecule has 2 amide bonds.